The molecule has 0 aliphatic carbocycles. The van der Waals surface area contributed by atoms with Crippen molar-refractivity contribution >= 4 is 11.8 Å². The smallest absolute Gasteiger partial charge is 0.329 e. The number of aryl methyl sites for hydroxylation is 2. The van der Waals surface area contributed by atoms with Crippen LogP contribution in [0.15, 0.2) is 6.20 Å². The number of nitrogens with zero attached hydrogens (tertiary/aromatic N) is 3. The first-order chi connectivity index (χ1) is 8.45. The number of hydrogen-bond acceptors (Lipinski definition) is 4. The van der Waals surface area contributed by atoms with Crippen LogP contribution < -0.4 is 4.90 Å². The van der Waals surface area contributed by atoms with E-state index < -0.39 is 11.5 Å². The summed E-state index contributed by atoms with van der Waals surface area (Å²) in [4.78, 5) is 22.2. The van der Waals surface area contributed by atoms with Crippen molar-refractivity contribution in [3.63, 3.8) is 0 Å². The van der Waals surface area contributed by atoms with Crippen molar-refractivity contribution in [2.45, 2.75) is 45.6 Å². The molecule has 1 aromatic rings. The number of carboxylic acid groups (broad SMARTS) is 1. The predicted octanol–water partition coefficient (Wildman–Crippen LogP) is 1.93. The second-order valence-corrected chi connectivity index (χ2v) is 5.11. The Kier molecular flexibility index (Phi) is 3.24. The van der Waals surface area contributed by atoms with E-state index in [1.807, 2.05) is 18.7 Å². The molecule has 0 bridgehead atoms. The molecule has 5 heteroatoms. The lowest BCUT2D eigenvalue weighted by Gasteiger charge is -2.42. The lowest BCUT2D eigenvalue weighted by Crippen LogP contribution is -2.56. The summed E-state index contributed by atoms with van der Waals surface area (Å²) < 4.78 is 0. The highest BCUT2D eigenvalue weighted by molar-refractivity contribution is 5.83. The van der Waals surface area contributed by atoms with E-state index in [4.69, 9.17) is 0 Å². The Morgan fingerprint density at radius 2 is 2.17 bits per heavy atom. The standard InChI is InChI=1S/C13H19N3O2/c1-9-8-14-10(2)11(15-9)16-7-5-4-6-13(16,3)12(17)18/h8H,4-7H2,1-3H3,(H,17,18). The fourth-order valence-electron chi connectivity index (χ4n) is 2.46. The second-order valence-electron chi connectivity index (χ2n) is 5.11. The fraction of sp³-hybridized carbons (Fsp3) is 0.615. The van der Waals surface area contributed by atoms with Gasteiger partial charge in [0.05, 0.1) is 11.4 Å². The van der Waals surface area contributed by atoms with Crippen LogP contribution >= 0.6 is 0 Å². The first-order valence-electron chi connectivity index (χ1n) is 6.26. The van der Waals surface area contributed by atoms with Crippen LogP contribution in [0.1, 0.15) is 37.6 Å². The van der Waals surface area contributed by atoms with Crippen molar-refractivity contribution in [2.75, 3.05) is 11.4 Å². The molecule has 0 saturated carbocycles. The Bertz CT molecular complexity index is 475. The average molecular weight is 249 g/mol. The Hall–Kier alpha value is -1.65. The number of carboxylic acids is 1. The Balaban J connectivity index is 2.46. The van der Waals surface area contributed by atoms with Crippen LogP contribution in [0.25, 0.3) is 0 Å². The average Bonchev–Trinajstić information content (AvgIpc) is 2.33. The van der Waals surface area contributed by atoms with Crippen LogP contribution in [0.2, 0.25) is 0 Å². The van der Waals surface area contributed by atoms with E-state index in [1.165, 1.54) is 0 Å². The monoisotopic (exact) mass is 249 g/mol. The van der Waals surface area contributed by atoms with Crippen molar-refractivity contribution in [3.8, 4) is 0 Å². The number of piperidine rings is 1. The molecule has 0 radical (unpaired) electrons. The highest BCUT2D eigenvalue weighted by atomic mass is 16.4. The molecular formula is C13H19N3O2. The van der Waals surface area contributed by atoms with Crippen molar-refractivity contribution in [2.24, 2.45) is 0 Å². The third-order valence-corrected chi connectivity index (χ3v) is 3.66. The minimum atomic E-state index is -0.870. The van der Waals surface area contributed by atoms with Gasteiger partial charge in [-0.2, -0.15) is 0 Å². The molecule has 18 heavy (non-hydrogen) atoms. The van der Waals surface area contributed by atoms with Crippen molar-refractivity contribution in [1.29, 1.82) is 0 Å². The summed E-state index contributed by atoms with van der Waals surface area (Å²) >= 11 is 0. The molecule has 1 saturated heterocycles. The van der Waals surface area contributed by atoms with E-state index >= 15 is 0 Å². The van der Waals surface area contributed by atoms with Gasteiger partial charge in [-0.15, -0.1) is 0 Å². The molecular weight excluding hydrogens is 230 g/mol. The maximum absolute atomic E-state index is 11.6. The fourth-order valence-corrected chi connectivity index (χ4v) is 2.46. The van der Waals surface area contributed by atoms with Gasteiger partial charge in [0.2, 0.25) is 0 Å². The van der Waals surface area contributed by atoms with Gasteiger partial charge in [-0.25, -0.2) is 9.78 Å². The van der Waals surface area contributed by atoms with Gasteiger partial charge in [0.15, 0.2) is 5.82 Å². The summed E-state index contributed by atoms with van der Waals surface area (Å²) in [5, 5.41) is 9.50. The maximum Gasteiger partial charge on any atom is 0.329 e. The first kappa shape index (κ1) is 12.8. The number of anilines is 1. The maximum atomic E-state index is 11.6. The van der Waals surface area contributed by atoms with Gasteiger partial charge < -0.3 is 10.0 Å². The zero-order chi connectivity index (χ0) is 13.3. The zero-order valence-corrected chi connectivity index (χ0v) is 11.1. The van der Waals surface area contributed by atoms with Gasteiger partial charge in [0, 0.05) is 12.7 Å². The number of hydrogen-bond donors (Lipinski definition) is 1. The van der Waals surface area contributed by atoms with Crippen LogP contribution in [-0.2, 0) is 4.79 Å². The largest absolute Gasteiger partial charge is 0.480 e. The number of carbonyl (C=O) groups is 1. The molecule has 5 nitrogen and oxygen atoms in total. The molecule has 1 aliphatic heterocycles. The van der Waals surface area contributed by atoms with Crippen LogP contribution in [0.5, 0.6) is 0 Å². The van der Waals surface area contributed by atoms with Crippen LogP contribution in [-0.4, -0.2) is 33.1 Å². The van der Waals surface area contributed by atoms with E-state index in [0.717, 1.165) is 30.8 Å². The molecule has 98 valence electrons. The van der Waals surface area contributed by atoms with Gasteiger partial charge in [-0.3, -0.25) is 4.98 Å². The quantitative estimate of drug-likeness (QED) is 0.867. The van der Waals surface area contributed by atoms with Crippen LogP contribution in [0, 0.1) is 13.8 Å². The van der Waals surface area contributed by atoms with E-state index in [9.17, 15) is 9.90 Å². The molecule has 2 heterocycles. The molecule has 0 spiro atoms. The SMILES string of the molecule is Cc1cnc(C)c(N2CCCCC2(C)C(=O)O)n1. The molecule has 1 unspecified atom stereocenters. The van der Waals surface area contributed by atoms with Crippen molar-refractivity contribution < 1.29 is 9.90 Å². The normalized spacial score (nSPS) is 24.1. The van der Waals surface area contributed by atoms with Crippen LogP contribution in [0.3, 0.4) is 0 Å². The molecule has 1 atom stereocenters. The molecule has 0 amide bonds. The topological polar surface area (TPSA) is 66.3 Å². The van der Waals surface area contributed by atoms with E-state index in [0.29, 0.717) is 12.2 Å². The molecule has 2 rings (SSSR count). The zero-order valence-electron chi connectivity index (χ0n) is 11.1. The van der Waals surface area contributed by atoms with Gasteiger partial charge in [-0.1, -0.05) is 0 Å². The van der Waals surface area contributed by atoms with Crippen molar-refractivity contribution in [3.05, 3.63) is 17.6 Å². The van der Waals surface area contributed by atoms with E-state index in [-0.39, 0.29) is 0 Å². The van der Waals surface area contributed by atoms with Gasteiger partial charge in [-0.05, 0) is 40.0 Å². The predicted molar refractivity (Wildman–Crippen MR) is 68.7 cm³/mol. The summed E-state index contributed by atoms with van der Waals surface area (Å²) in [5.41, 5.74) is 0.731. The Morgan fingerprint density at radius 1 is 1.44 bits per heavy atom. The summed E-state index contributed by atoms with van der Waals surface area (Å²) in [6.07, 6.45) is 4.30. The highest BCUT2D eigenvalue weighted by Gasteiger charge is 2.42. The molecule has 1 aliphatic rings. The minimum absolute atomic E-state index is 0.650. The number of aromatic nitrogens is 2. The Morgan fingerprint density at radius 3 is 2.83 bits per heavy atom. The third kappa shape index (κ3) is 2.05. The second kappa shape index (κ2) is 4.55. The highest BCUT2D eigenvalue weighted by Crippen LogP contribution is 2.33. The number of rotatable bonds is 2. The summed E-state index contributed by atoms with van der Waals surface area (Å²) in [6.45, 7) is 6.25. The van der Waals surface area contributed by atoms with Crippen molar-refractivity contribution in [1.82, 2.24) is 9.97 Å². The summed E-state index contributed by atoms with van der Waals surface area (Å²) in [6, 6.07) is 0. The third-order valence-electron chi connectivity index (χ3n) is 3.66. The molecule has 1 fully saturated rings. The van der Waals surface area contributed by atoms with E-state index in [2.05, 4.69) is 9.97 Å². The van der Waals surface area contributed by atoms with Gasteiger partial charge in [0.1, 0.15) is 5.54 Å². The lowest BCUT2D eigenvalue weighted by atomic mass is 9.88. The summed E-state index contributed by atoms with van der Waals surface area (Å²) in [7, 11) is 0. The molecule has 1 aromatic heterocycles. The molecule has 0 aromatic carbocycles. The first-order valence-corrected chi connectivity index (χ1v) is 6.26. The Labute approximate surface area is 107 Å². The van der Waals surface area contributed by atoms with Gasteiger partial charge in [0.25, 0.3) is 0 Å². The van der Waals surface area contributed by atoms with E-state index in [1.54, 1.807) is 13.1 Å². The molecule has 1 N–H and O–H groups in total. The van der Waals surface area contributed by atoms with Crippen LogP contribution in [0.4, 0.5) is 5.82 Å². The number of aliphatic carboxylic acids is 1. The minimum Gasteiger partial charge on any atom is -0.480 e. The van der Waals surface area contributed by atoms with Gasteiger partial charge >= 0.3 is 5.97 Å². The lowest BCUT2D eigenvalue weighted by molar-refractivity contribution is -0.143. The summed E-state index contributed by atoms with van der Waals surface area (Å²) in [5.74, 6) is -0.0792.